The summed E-state index contributed by atoms with van der Waals surface area (Å²) in [6.07, 6.45) is 1.21. The fraction of sp³-hybridized carbons (Fsp3) is 0.643. The third kappa shape index (κ3) is 3.02. The van der Waals surface area contributed by atoms with E-state index >= 15 is 0 Å². The van der Waals surface area contributed by atoms with E-state index in [1.54, 1.807) is 0 Å². The van der Waals surface area contributed by atoms with Crippen LogP contribution in [0.3, 0.4) is 0 Å². The van der Waals surface area contributed by atoms with E-state index in [-0.39, 0.29) is 0 Å². The number of hydrogen-bond donors (Lipinski definition) is 1. The lowest BCUT2D eigenvalue weighted by Gasteiger charge is -2.15. The van der Waals surface area contributed by atoms with E-state index in [2.05, 4.69) is 33.4 Å². The maximum atomic E-state index is 9.23. The largest absolute Gasteiger partial charge is 0.367 e. The Morgan fingerprint density at radius 3 is 2.84 bits per heavy atom. The molecule has 0 amide bonds. The zero-order chi connectivity index (χ0) is 13.8. The maximum Gasteiger partial charge on any atom is 0.166 e. The second-order valence-electron chi connectivity index (χ2n) is 5.17. The van der Waals surface area contributed by atoms with Crippen LogP contribution in [0.4, 0.5) is 5.82 Å². The number of hydrogen-bond acceptors (Lipinski definition) is 5. The van der Waals surface area contributed by atoms with Gasteiger partial charge >= 0.3 is 0 Å². The number of nitrogens with zero attached hydrogens (tertiary/aromatic N) is 4. The molecule has 1 aromatic heterocycles. The van der Waals surface area contributed by atoms with Crippen molar-refractivity contribution >= 4 is 5.82 Å². The van der Waals surface area contributed by atoms with Gasteiger partial charge < -0.3 is 10.2 Å². The first-order valence-electron chi connectivity index (χ1n) is 6.85. The van der Waals surface area contributed by atoms with Crippen molar-refractivity contribution < 1.29 is 0 Å². The summed E-state index contributed by atoms with van der Waals surface area (Å²) in [5, 5.41) is 20.7. The second kappa shape index (κ2) is 5.98. The topological polar surface area (TPSA) is 64.8 Å². The molecular formula is C14H21N5. The summed E-state index contributed by atoms with van der Waals surface area (Å²) >= 11 is 0. The summed E-state index contributed by atoms with van der Waals surface area (Å²) in [5.41, 5.74) is 2.36. The third-order valence-electron chi connectivity index (χ3n) is 3.94. The van der Waals surface area contributed by atoms with Crippen LogP contribution in [0, 0.1) is 31.1 Å². The van der Waals surface area contributed by atoms with Crippen LogP contribution in [0.15, 0.2) is 0 Å². The number of nitrogens with one attached hydrogen (secondary N) is 1. The van der Waals surface area contributed by atoms with Crippen LogP contribution in [0.2, 0.25) is 0 Å². The Labute approximate surface area is 114 Å². The molecule has 1 saturated heterocycles. The molecule has 0 spiro atoms. The van der Waals surface area contributed by atoms with Gasteiger partial charge in [0.25, 0.3) is 0 Å². The Morgan fingerprint density at radius 2 is 2.21 bits per heavy atom. The molecule has 1 aliphatic rings. The number of aryl methyl sites for hydroxylation is 1. The highest BCUT2D eigenvalue weighted by atomic mass is 15.2. The molecule has 19 heavy (non-hydrogen) atoms. The number of nitriles is 1. The highest BCUT2D eigenvalue weighted by Gasteiger charge is 2.21. The molecule has 2 heterocycles. The quantitative estimate of drug-likeness (QED) is 0.892. The van der Waals surface area contributed by atoms with E-state index in [1.807, 2.05) is 13.8 Å². The molecule has 1 aromatic rings. The van der Waals surface area contributed by atoms with Crippen molar-refractivity contribution in [1.82, 2.24) is 15.1 Å². The van der Waals surface area contributed by atoms with E-state index in [9.17, 15) is 5.26 Å². The molecular weight excluding hydrogens is 238 g/mol. The van der Waals surface area contributed by atoms with Gasteiger partial charge in [0.1, 0.15) is 11.6 Å². The monoisotopic (exact) mass is 259 g/mol. The molecule has 2 rings (SSSR count). The van der Waals surface area contributed by atoms with Crippen molar-refractivity contribution in [1.29, 1.82) is 5.26 Å². The number of likely N-dealkylation sites (tertiary alicyclic amines) is 1. The number of rotatable bonds is 4. The fourth-order valence-electron chi connectivity index (χ4n) is 2.48. The van der Waals surface area contributed by atoms with Gasteiger partial charge in [-0.2, -0.15) is 10.4 Å². The normalized spacial score (nSPS) is 19.4. The zero-order valence-electron chi connectivity index (χ0n) is 11.9. The first kappa shape index (κ1) is 13.8. The maximum absolute atomic E-state index is 9.23. The first-order valence-corrected chi connectivity index (χ1v) is 6.85. The molecule has 0 bridgehead atoms. The van der Waals surface area contributed by atoms with Crippen molar-refractivity contribution in [3.05, 3.63) is 16.8 Å². The second-order valence-corrected chi connectivity index (χ2v) is 5.17. The first-order chi connectivity index (χ1) is 9.15. The summed E-state index contributed by atoms with van der Waals surface area (Å²) in [6, 6.07) is 2.22. The molecule has 1 fully saturated rings. The average Bonchev–Trinajstić information content (AvgIpc) is 2.88. The van der Waals surface area contributed by atoms with Gasteiger partial charge in [-0.15, -0.1) is 5.10 Å². The van der Waals surface area contributed by atoms with Crippen LogP contribution < -0.4 is 5.32 Å². The molecule has 1 atom stereocenters. The molecule has 0 saturated carbocycles. The minimum Gasteiger partial charge on any atom is -0.367 e. The van der Waals surface area contributed by atoms with Crippen LogP contribution in [-0.2, 0) is 0 Å². The van der Waals surface area contributed by atoms with Gasteiger partial charge in [0.2, 0.25) is 0 Å². The lowest BCUT2D eigenvalue weighted by Crippen LogP contribution is -2.23. The van der Waals surface area contributed by atoms with Gasteiger partial charge in [-0.05, 0) is 44.8 Å². The van der Waals surface area contributed by atoms with E-state index < -0.39 is 0 Å². The minimum atomic E-state index is 0.623. The Morgan fingerprint density at radius 1 is 1.42 bits per heavy atom. The molecule has 102 valence electrons. The molecule has 0 radical (unpaired) electrons. The van der Waals surface area contributed by atoms with E-state index in [1.165, 1.54) is 13.0 Å². The number of aromatic nitrogens is 2. The van der Waals surface area contributed by atoms with E-state index in [0.717, 1.165) is 30.9 Å². The Hall–Kier alpha value is -1.67. The Bertz CT molecular complexity index is 491. The van der Waals surface area contributed by atoms with Crippen molar-refractivity contribution in [2.75, 3.05) is 31.5 Å². The van der Waals surface area contributed by atoms with Gasteiger partial charge in [-0.3, -0.25) is 0 Å². The summed E-state index contributed by atoms with van der Waals surface area (Å²) in [4.78, 5) is 2.45. The van der Waals surface area contributed by atoms with Gasteiger partial charge in [-0.1, -0.05) is 6.92 Å². The van der Waals surface area contributed by atoms with Gasteiger partial charge in [0.05, 0.1) is 5.69 Å². The van der Waals surface area contributed by atoms with Crippen LogP contribution in [0.5, 0.6) is 0 Å². The SMILES string of the molecule is CCN1CCC(CNc2nnc(C)c(C)c2C#N)C1. The smallest absolute Gasteiger partial charge is 0.166 e. The summed E-state index contributed by atoms with van der Waals surface area (Å²) in [6.45, 7) is 10.3. The van der Waals surface area contributed by atoms with E-state index in [0.29, 0.717) is 17.3 Å². The van der Waals surface area contributed by atoms with Crippen molar-refractivity contribution in [2.24, 2.45) is 5.92 Å². The predicted octanol–water partition coefficient (Wildman–Crippen LogP) is 1.72. The van der Waals surface area contributed by atoms with Crippen LogP contribution >= 0.6 is 0 Å². The average molecular weight is 259 g/mol. The zero-order valence-corrected chi connectivity index (χ0v) is 11.9. The lowest BCUT2D eigenvalue weighted by molar-refractivity contribution is 0.345. The van der Waals surface area contributed by atoms with Crippen LogP contribution in [0.1, 0.15) is 30.2 Å². The standard InChI is InChI=1S/C14H21N5/c1-4-19-6-5-12(9-19)8-16-14-13(7-15)10(2)11(3)17-18-14/h12H,4-6,8-9H2,1-3H3,(H,16,18). The summed E-state index contributed by atoms with van der Waals surface area (Å²) < 4.78 is 0. The number of anilines is 1. The lowest BCUT2D eigenvalue weighted by atomic mass is 10.1. The Balaban J connectivity index is 2.01. The van der Waals surface area contributed by atoms with Crippen LogP contribution in [0.25, 0.3) is 0 Å². The van der Waals surface area contributed by atoms with Crippen molar-refractivity contribution in [3.8, 4) is 6.07 Å². The fourth-order valence-corrected chi connectivity index (χ4v) is 2.48. The molecule has 5 nitrogen and oxygen atoms in total. The van der Waals surface area contributed by atoms with Gasteiger partial charge in [-0.25, -0.2) is 0 Å². The third-order valence-corrected chi connectivity index (χ3v) is 3.94. The van der Waals surface area contributed by atoms with E-state index in [4.69, 9.17) is 0 Å². The molecule has 0 aromatic carbocycles. The molecule has 5 heteroatoms. The highest BCUT2D eigenvalue weighted by molar-refractivity contribution is 5.55. The van der Waals surface area contributed by atoms with Crippen molar-refractivity contribution in [2.45, 2.75) is 27.2 Å². The Kier molecular flexibility index (Phi) is 4.33. The summed E-state index contributed by atoms with van der Waals surface area (Å²) in [7, 11) is 0. The van der Waals surface area contributed by atoms with Gasteiger partial charge in [0.15, 0.2) is 5.82 Å². The molecule has 1 unspecified atom stereocenters. The van der Waals surface area contributed by atoms with Crippen molar-refractivity contribution in [3.63, 3.8) is 0 Å². The van der Waals surface area contributed by atoms with Gasteiger partial charge in [0, 0.05) is 13.1 Å². The summed E-state index contributed by atoms with van der Waals surface area (Å²) in [5.74, 6) is 1.26. The molecule has 0 aliphatic carbocycles. The van der Waals surface area contributed by atoms with Crippen LogP contribution in [-0.4, -0.2) is 41.3 Å². The predicted molar refractivity (Wildman–Crippen MR) is 74.9 cm³/mol. The minimum absolute atomic E-state index is 0.623. The molecule has 1 aliphatic heterocycles. The molecule has 1 N–H and O–H groups in total. The highest BCUT2D eigenvalue weighted by Crippen LogP contribution is 2.20.